The normalized spacial score (nSPS) is 10.5. The number of H-pyrrole nitrogens is 1. The number of nitrogens with zero attached hydrogens (tertiary/aromatic N) is 2. The van der Waals surface area contributed by atoms with Crippen molar-refractivity contribution in [3.05, 3.63) is 63.1 Å². The third-order valence-corrected chi connectivity index (χ3v) is 5.16. The molecule has 0 atom stereocenters. The minimum Gasteiger partial charge on any atom is -0.272 e. The van der Waals surface area contributed by atoms with Crippen LogP contribution in [-0.2, 0) is 11.2 Å². The quantitative estimate of drug-likeness (QED) is 0.431. The number of hydrogen-bond acceptors (Lipinski definition) is 6. The van der Waals surface area contributed by atoms with E-state index < -0.39 is 5.91 Å². The van der Waals surface area contributed by atoms with Gasteiger partial charge in [0.2, 0.25) is 11.1 Å². The molecule has 0 unspecified atom stereocenters. The number of nitrogens with one attached hydrogen (secondary N) is 3. The highest BCUT2D eigenvalue weighted by molar-refractivity contribution is 7.99. The molecule has 2 aromatic heterocycles. The average molecular weight is 408 g/mol. The second-order valence-electron chi connectivity index (χ2n) is 5.12. The summed E-state index contributed by atoms with van der Waals surface area (Å²) in [6.07, 6.45) is 0.675. The van der Waals surface area contributed by atoms with Crippen molar-refractivity contribution in [1.82, 2.24) is 26.0 Å². The lowest BCUT2D eigenvalue weighted by molar-refractivity contribution is -0.119. The Morgan fingerprint density at radius 3 is 2.73 bits per heavy atom. The van der Waals surface area contributed by atoms with Gasteiger partial charge in [-0.3, -0.25) is 25.5 Å². The van der Waals surface area contributed by atoms with Crippen LogP contribution in [0.1, 0.15) is 21.1 Å². The van der Waals surface area contributed by atoms with Gasteiger partial charge in [-0.25, -0.2) is 4.98 Å². The van der Waals surface area contributed by atoms with Crippen LogP contribution in [0.4, 0.5) is 0 Å². The van der Waals surface area contributed by atoms with Crippen LogP contribution in [0.3, 0.4) is 0 Å². The van der Waals surface area contributed by atoms with Gasteiger partial charge >= 0.3 is 0 Å². The number of hydrogen-bond donors (Lipinski definition) is 3. The fourth-order valence-corrected chi connectivity index (χ4v) is 3.42. The van der Waals surface area contributed by atoms with E-state index in [1.54, 1.807) is 35.6 Å². The second kappa shape index (κ2) is 8.84. The topological polar surface area (TPSA) is 99.8 Å². The lowest BCUT2D eigenvalue weighted by Gasteiger charge is -2.06. The van der Waals surface area contributed by atoms with Gasteiger partial charge in [-0.2, -0.15) is 0 Å². The second-order valence-corrected chi connectivity index (χ2v) is 7.53. The molecule has 3 rings (SSSR count). The summed E-state index contributed by atoms with van der Waals surface area (Å²) in [5.74, 6) is 0.0430. The number of carbonyl (C=O) groups excluding carboxylic acids is 2. The number of amides is 2. The van der Waals surface area contributed by atoms with Gasteiger partial charge in [0, 0.05) is 21.9 Å². The third-order valence-electron chi connectivity index (χ3n) is 3.19. The van der Waals surface area contributed by atoms with Crippen LogP contribution in [0.25, 0.3) is 0 Å². The van der Waals surface area contributed by atoms with Crippen LogP contribution in [-0.4, -0.2) is 32.7 Å². The molecule has 3 N–H and O–H groups in total. The number of thioether (sulfide) groups is 1. The molecule has 0 aliphatic rings. The monoisotopic (exact) mass is 407 g/mol. The van der Waals surface area contributed by atoms with Crippen molar-refractivity contribution in [2.24, 2.45) is 0 Å². The van der Waals surface area contributed by atoms with E-state index in [4.69, 9.17) is 11.6 Å². The van der Waals surface area contributed by atoms with Gasteiger partial charge in [0.1, 0.15) is 5.82 Å². The van der Waals surface area contributed by atoms with Crippen molar-refractivity contribution in [3.8, 4) is 0 Å². The Morgan fingerprint density at radius 1 is 1.19 bits per heavy atom. The van der Waals surface area contributed by atoms with Gasteiger partial charge in [-0.1, -0.05) is 29.4 Å². The van der Waals surface area contributed by atoms with Crippen LogP contribution < -0.4 is 10.9 Å². The molecule has 2 heterocycles. The summed E-state index contributed by atoms with van der Waals surface area (Å²) in [6, 6.07) is 10.4. The minimum absolute atomic E-state index is 0.0805. The Hall–Kier alpha value is -2.36. The summed E-state index contributed by atoms with van der Waals surface area (Å²) in [4.78, 5) is 29.2. The predicted molar refractivity (Wildman–Crippen MR) is 101 cm³/mol. The zero-order valence-electron chi connectivity index (χ0n) is 13.4. The fourth-order valence-electron chi connectivity index (χ4n) is 1.97. The molecule has 0 radical (unpaired) electrons. The van der Waals surface area contributed by atoms with E-state index in [1.165, 1.54) is 16.6 Å². The Kier molecular flexibility index (Phi) is 6.26. The van der Waals surface area contributed by atoms with E-state index in [0.717, 1.165) is 5.82 Å². The number of thiophene rings is 1. The first kappa shape index (κ1) is 18.4. The van der Waals surface area contributed by atoms with E-state index in [9.17, 15) is 9.59 Å². The van der Waals surface area contributed by atoms with Crippen LogP contribution in [0, 0.1) is 0 Å². The van der Waals surface area contributed by atoms with Gasteiger partial charge in [0.05, 0.1) is 5.75 Å². The first-order chi connectivity index (χ1) is 12.6. The largest absolute Gasteiger partial charge is 0.272 e. The Balaban J connectivity index is 1.42. The molecule has 0 aliphatic heterocycles. The van der Waals surface area contributed by atoms with Crippen molar-refractivity contribution >= 4 is 46.5 Å². The molecule has 0 saturated carbocycles. The number of aromatic amines is 1. The number of carbonyl (C=O) groups is 2. The fraction of sp³-hybridized carbons (Fsp3) is 0.125. The van der Waals surface area contributed by atoms with Crippen molar-refractivity contribution < 1.29 is 9.59 Å². The summed E-state index contributed by atoms with van der Waals surface area (Å²) in [5, 5.41) is 9.95. The van der Waals surface area contributed by atoms with Crippen molar-refractivity contribution in [2.45, 2.75) is 11.6 Å². The number of benzene rings is 1. The standard InChI is InChI=1S/C16H14ClN5O2S2/c17-11-5-3-10(4-6-11)15(24)21-20-14(23)9-26-16-18-13(19-22-16)8-12-2-1-7-25-12/h1-7H,8-9H2,(H,20,23)(H,21,24)(H,18,19,22). The summed E-state index contributed by atoms with van der Waals surface area (Å²) in [7, 11) is 0. The maximum absolute atomic E-state index is 11.9. The summed E-state index contributed by atoms with van der Waals surface area (Å²) < 4.78 is 0. The number of aromatic nitrogens is 3. The molecule has 1 aromatic carbocycles. The highest BCUT2D eigenvalue weighted by atomic mass is 35.5. The Labute approximate surface area is 162 Å². The molecule has 134 valence electrons. The Bertz CT molecular complexity index is 880. The lowest BCUT2D eigenvalue weighted by Crippen LogP contribution is -2.42. The summed E-state index contributed by atoms with van der Waals surface area (Å²) in [5.41, 5.74) is 5.10. The van der Waals surface area contributed by atoms with E-state index in [2.05, 4.69) is 26.0 Å². The SMILES string of the molecule is O=C(CSc1n[nH]c(Cc2cccs2)n1)NNC(=O)c1ccc(Cl)cc1. The number of hydrazine groups is 1. The molecule has 0 spiro atoms. The zero-order valence-corrected chi connectivity index (χ0v) is 15.7. The van der Waals surface area contributed by atoms with E-state index >= 15 is 0 Å². The van der Waals surface area contributed by atoms with Crippen LogP contribution in [0.15, 0.2) is 46.9 Å². The Morgan fingerprint density at radius 2 is 2.00 bits per heavy atom. The minimum atomic E-state index is -0.420. The number of halogens is 1. The van der Waals surface area contributed by atoms with Crippen molar-refractivity contribution in [1.29, 1.82) is 0 Å². The first-order valence-corrected chi connectivity index (χ1v) is 9.75. The molecular formula is C16H14ClN5O2S2. The molecule has 0 saturated heterocycles. The van der Waals surface area contributed by atoms with Gasteiger partial charge in [0.15, 0.2) is 0 Å². The number of rotatable bonds is 6. The lowest BCUT2D eigenvalue weighted by atomic mass is 10.2. The third kappa shape index (κ3) is 5.32. The first-order valence-electron chi connectivity index (χ1n) is 7.51. The molecular weight excluding hydrogens is 394 g/mol. The van der Waals surface area contributed by atoms with Gasteiger partial charge < -0.3 is 0 Å². The molecule has 2 amide bonds. The maximum Gasteiger partial charge on any atom is 0.269 e. The van der Waals surface area contributed by atoms with Gasteiger partial charge in [-0.15, -0.1) is 16.4 Å². The van der Waals surface area contributed by atoms with Crippen LogP contribution in [0.5, 0.6) is 0 Å². The van der Waals surface area contributed by atoms with Gasteiger partial charge in [0.25, 0.3) is 5.91 Å². The molecule has 0 fully saturated rings. The summed E-state index contributed by atoms with van der Waals surface area (Å²) >= 11 is 8.59. The van der Waals surface area contributed by atoms with Crippen LogP contribution >= 0.6 is 34.7 Å². The molecule has 7 nitrogen and oxygen atoms in total. The average Bonchev–Trinajstić information content (AvgIpc) is 3.31. The van der Waals surface area contributed by atoms with E-state index in [0.29, 0.717) is 22.2 Å². The van der Waals surface area contributed by atoms with E-state index in [1.807, 2.05) is 17.5 Å². The van der Waals surface area contributed by atoms with Crippen molar-refractivity contribution in [3.63, 3.8) is 0 Å². The van der Waals surface area contributed by atoms with E-state index in [-0.39, 0.29) is 11.7 Å². The highest BCUT2D eigenvalue weighted by Gasteiger charge is 2.10. The smallest absolute Gasteiger partial charge is 0.269 e. The predicted octanol–water partition coefficient (Wildman–Crippen LogP) is 2.66. The van der Waals surface area contributed by atoms with Gasteiger partial charge in [-0.05, 0) is 35.7 Å². The maximum atomic E-state index is 11.9. The molecule has 0 aliphatic carbocycles. The zero-order chi connectivity index (χ0) is 18.4. The molecule has 10 heteroatoms. The highest BCUT2D eigenvalue weighted by Crippen LogP contribution is 2.16. The summed E-state index contributed by atoms with van der Waals surface area (Å²) in [6.45, 7) is 0. The molecule has 0 bridgehead atoms. The molecule has 3 aromatic rings. The van der Waals surface area contributed by atoms with Crippen LogP contribution in [0.2, 0.25) is 5.02 Å². The molecule has 26 heavy (non-hydrogen) atoms. The van der Waals surface area contributed by atoms with Crippen molar-refractivity contribution in [2.75, 3.05) is 5.75 Å².